The van der Waals surface area contributed by atoms with Gasteiger partial charge >= 0.3 is 5.97 Å². The van der Waals surface area contributed by atoms with Crippen molar-refractivity contribution in [3.63, 3.8) is 0 Å². The van der Waals surface area contributed by atoms with Crippen molar-refractivity contribution >= 4 is 27.6 Å². The highest BCUT2D eigenvalue weighted by atomic mass is 79.9. The van der Waals surface area contributed by atoms with Crippen molar-refractivity contribution in [2.24, 2.45) is 0 Å². The lowest BCUT2D eigenvalue weighted by atomic mass is 10.1. The van der Waals surface area contributed by atoms with Gasteiger partial charge in [0.05, 0.1) is 15.7 Å². The molecule has 0 radical (unpaired) electrons. The predicted octanol–water partition coefficient (Wildman–Crippen LogP) is 4.04. The van der Waals surface area contributed by atoms with E-state index in [0.717, 1.165) is 0 Å². The lowest BCUT2D eigenvalue weighted by molar-refractivity contribution is 0.0695. The Morgan fingerprint density at radius 1 is 1.20 bits per heavy atom. The summed E-state index contributed by atoms with van der Waals surface area (Å²) < 4.78 is 27.2. The minimum Gasteiger partial charge on any atom is -0.478 e. The highest BCUT2D eigenvalue weighted by molar-refractivity contribution is 9.10. The molecular weight excluding hydrogens is 332 g/mol. The fraction of sp³-hybridized carbons (Fsp3) is 0.0714. The van der Waals surface area contributed by atoms with Crippen molar-refractivity contribution in [1.29, 1.82) is 0 Å². The Morgan fingerprint density at radius 3 is 2.55 bits per heavy atom. The number of hydrogen-bond donors (Lipinski definition) is 2. The normalized spacial score (nSPS) is 10.3. The van der Waals surface area contributed by atoms with E-state index < -0.39 is 11.8 Å². The summed E-state index contributed by atoms with van der Waals surface area (Å²) in [5.74, 6) is -2.33. The van der Waals surface area contributed by atoms with E-state index in [1.807, 2.05) is 0 Å². The molecule has 0 unspecified atom stereocenters. The average molecular weight is 342 g/mol. The smallest absolute Gasteiger partial charge is 0.336 e. The second-order valence-electron chi connectivity index (χ2n) is 4.04. The second kappa shape index (κ2) is 6.00. The summed E-state index contributed by atoms with van der Waals surface area (Å²) in [6.45, 7) is 0.0997. The topological polar surface area (TPSA) is 49.3 Å². The molecule has 3 nitrogen and oxygen atoms in total. The summed E-state index contributed by atoms with van der Waals surface area (Å²) in [5, 5.41) is 11.6. The fourth-order valence-corrected chi connectivity index (χ4v) is 2.20. The Balaban J connectivity index is 2.21. The quantitative estimate of drug-likeness (QED) is 0.882. The van der Waals surface area contributed by atoms with Gasteiger partial charge in [0.2, 0.25) is 0 Å². The molecule has 2 aromatic carbocycles. The van der Waals surface area contributed by atoms with Gasteiger partial charge in [-0.3, -0.25) is 0 Å². The van der Waals surface area contributed by atoms with Gasteiger partial charge in [0.15, 0.2) is 5.82 Å². The number of aromatic carboxylic acids is 1. The van der Waals surface area contributed by atoms with Gasteiger partial charge in [-0.1, -0.05) is 18.2 Å². The van der Waals surface area contributed by atoms with Gasteiger partial charge in [-0.2, -0.15) is 0 Å². The largest absolute Gasteiger partial charge is 0.478 e. The van der Waals surface area contributed by atoms with Crippen molar-refractivity contribution in [2.45, 2.75) is 6.54 Å². The van der Waals surface area contributed by atoms with Crippen molar-refractivity contribution in [1.82, 2.24) is 0 Å². The van der Waals surface area contributed by atoms with E-state index in [1.54, 1.807) is 18.2 Å². The number of carboxylic acids is 1. The zero-order chi connectivity index (χ0) is 14.7. The monoisotopic (exact) mass is 341 g/mol. The maximum absolute atomic E-state index is 14.0. The molecule has 0 aromatic heterocycles. The summed E-state index contributed by atoms with van der Waals surface area (Å²) in [4.78, 5) is 10.8. The van der Waals surface area contributed by atoms with Crippen molar-refractivity contribution in [3.8, 4) is 0 Å². The van der Waals surface area contributed by atoms with Crippen LogP contribution in [0.25, 0.3) is 0 Å². The first-order valence-corrected chi connectivity index (χ1v) is 6.48. The number of benzene rings is 2. The van der Waals surface area contributed by atoms with Gasteiger partial charge in [-0.25, -0.2) is 13.6 Å². The van der Waals surface area contributed by atoms with Crippen LogP contribution in [0.4, 0.5) is 14.5 Å². The Morgan fingerprint density at radius 2 is 1.90 bits per heavy atom. The lowest BCUT2D eigenvalue weighted by Crippen LogP contribution is -2.06. The number of carboxylic acid groups (broad SMARTS) is 1. The molecule has 2 aromatic rings. The first-order valence-electron chi connectivity index (χ1n) is 5.69. The molecule has 6 heteroatoms. The van der Waals surface area contributed by atoms with Gasteiger partial charge in [0.1, 0.15) is 5.82 Å². The molecule has 0 atom stereocenters. The molecule has 20 heavy (non-hydrogen) atoms. The van der Waals surface area contributed by atoms with Gasteiger partial charge in [0.25, 0.3) is 0 Å². The number of rotatable bonds is 4. The maximum Gasteiger partial charge on any atom is 0.336 e. The first kappa shape index (κ1) is 14.5. The molecule has 0 aliphatic heterocycles. The molecule has 0 saturated carbocycles. The van der Waals surface area contributed by atoms with Crippen LogP contribution in [0.15, 0.2) is 40.9 Å². The van der Waals surface area contributed by atoms with Crippen LogP contribution >= 0.6 is 15.9 Å². The van der Waals surface area contributed by atoms with E-state index in [2.05, 4.69) is 21.2 Å². The molecular formula is C14H10BrF2NO2. The van der Waals surface area contributed by atoms with E-state index in [4.69, 9.17) is 5.11 Å². The van der Waals surface area contributed by atoms with Crippen LogP contribution in [-0.4, -0.2) is 11.1 Å². The number of anilines is 1. The number of hydrogen-bond acceptors (Lipinski definition) is 2. The van der Waals surface area contributed by atoms with Crippen LogP contribution < -0.4 is 5.32 Å². The molecule has 2 N–H and O–H groups in total. The van der Waals surface area contributed by atoms with Gasteiger partial charge < -0.3 is 10.4 Å². The van der Waals surface area contributed by atoms with Crippen LogP contribution in [0, 0.1) is 11.6 Å². The number of carbonyl (C=O) groups is 1. The molecule has 0 heterocycles. The first-order chi connectivity index (χ1) is 9.50. The average Bonchev–Trinajstić information content (AvgIpc) is 2.41. The summed E-state index contributed by atoms with van der Waals surface area (Å²) in [7, 11) is 0. The van der Waals surface area contributed by atoms with Gasteiger partial charge in [-0.05, 0) is 34.1 Å². The number of nitrogens with one attached hydrogen (secondary N) is 1. The van der Waals surface area contributed by atoms with Gasteiger partial charge in [-0.15, -0.1) is 0 Å². The molecule has 2 rings (SSSR count). The maximum atomic E-state index is 14.0. The molecule has 0 saturated heterocycles. The SMILES string of the molecule is O=C(O)c1ccc(NCc2ccccc2F)c(F)c1Br. The zero-order valence-electron chi connectivity index (χ0n) is 10.2. The summed E-state index contributed by atoms with van der Waals surface area (Å²) >= 11 is 2.90. The number of halogens is 3. The highest BCUT2D eigenvalue weighted by Crippen LogP contribution is 2.27. The van der Waals surface area contributed by atoms with Crippen LogP contribution in [0.1, 0.15) is 15.9 Å². The molecule has 0 bridgehead atoms. The fourth-order valence-electron chi connectivity index (χ4n) is 1.68. The summed E-state index contributed by atoms with van der Waals surface area (Å²) in [5.41, 5.74) is 0.328. The van der Waals surface area contributed by atoms with E-state index in [9.17, 15) is 13.6 Å². The van der Waals surface area contributed by atoms with Crippen LogP contribution in [0.5, 0.6) is 0 Å². The zero-order valence-corrected chi connectivity index (χ0v) is 11.7. The molecule has 0 amide bonds. The standard InChI is InChI=1S/C14H10BrF2NO2/c15-12-9(14(19)20)5-6-11(13(12)17)18-7-8-3-1-2-4-10(8)16/h1-6,18H,7H2,(H,19,20). The van der Waals surface area contributed by atoms with E-state index in [-0.39, 0.29) is 28.1 Å². The van der Waals surface area contributed by atoms with Gasteiger partial charge in [0, 0.05) is 12.1 Å². The van der Waals surface area contributed by atoms with Crippen molar-refractivity contribution in [2.75, 3.05) is 5.32 Å². The molecule has 0 fully saturated rings. The Kier molecular flexibility index (Phi) is 4.34. The molecule has 0 spiro atoms. The molecule has 0 aliphatic rings. The highest BCUT2D eigenvalue weighted by Gasteiger charge is 2.15. The summed E-state index contributed by atoms with van der Waals surface area (Å²) in [6.07, 6.45) is 0. The Bertz CT molecular complexity index is 662. The van der Waals surface area contributed by atoms with Crippen LogP contribution in [-0.2, 0) is 6.54 Å². The minimum absolute atomic E-state index is 0.0997. The molecule has 0 aliphatic carbocycles. The summed E-state index contributed by atoms with van der Waals surface area (Å²) in [6, 6.07) is 8.73. The Hall–Kier alpha value is -1.95. The molecule has 104 valence electrons. The van der Waals surface area contributed by atoms with Crippen LogP contribution in [0.3, 0.4) is 0 Å². The predicted molar refractivity (Wildman–Crippen MR) is 74.8 cm³/mol. The second-order valence-corrected chi connectivity index (χ2v) is 4.83. The lowest BCUT2D eigenvalue weighted by Gasteiger charge is -2.10. The van der Waals surface area contributed by atoms with E-state index >= 15 is 0 Å². The van der Waals surface area contributed by atoms with Crippen LogP contribution in [0.2, 0.25) is 0 Å². The third-order valence-electron chi connectivity index (χ3n) is 2.74. The van der Waals surface area contributed by atoms with Crippen molar-refractivity contribution < 1.29 is 18.7 Å². The van der Waals surface area contributed by atoms with E-state index in [0.29, 0.717) is 5.56 Å². The third-order valence-corrected chi connectivity index (χ3v) is 3.52. The van der Waals surface area contributed by atoms with E-state index in [1.165, 1.54) is 18.2 Å². The Labute approximate surface area is 122 Å². The van der Waals surface area contributed by atoms with Crippen molar-refractivity contribution in [3.05, 3.63) is 63.6 Å². The minimum atomic E-state index is -1.23. The third kappa shape index (κ3) is 2.96.